The zero-order valence-electron chi connectivity index (χ0n) is 7.10. The minimum absolute atomic E-state index is 0.128. The van der Waals surface area contributed by atoms with E-state index in [4.69, 9.17) is 0 Å². The van der Waals surface area contributed by atoms with E-state index < -0.39 is 0 Å². The number of hydrogen-bond acceptors (Lipinski definition) is 2. The summed E-state index contributed by atoms with van der Waals surface area (Å²) >= 11 is 0. The number of Topliss-reactive ketones (excluding diaryl/α,β-unsaturated/α-hetero) is 1. The zero-order valence-corrected chi connectivity index (χ0v) is 7.10. The number of para-hydroxylation sites is 1. The highest BCUT2D eigenvalue weighted by Crippen LogP contribution is 2.20. The van der Waals surface area contributed by atoms with Crippen molar-refractivity contribution in [3.63, 3.8) is 0 Å². The van der Waals surface area contributed by atoms with Crippen LogP contribution in [0.3, 0.4) is 0 Å². The fourth-order valence-electron chi connectivity index (χ4n) is 1.29. The minimum Gasteiger partial charge on any atom is -0.294 e. The Bertz CT molecular complexity index is 391. The molecule has 2 nitrogen and oxygen atoms in total. The van der Waals surface area contributed by atoms with Crippen molar-refractivity contribution < 1.29 is 4.79 Å². The van der Waals surface area contributed by atoms with E-state index in [1.165, 1.54) is 0 Å². The van der Waals surface area contributed by atoms with Crippen molar-refractivity contribution in [2.45, 2.75) is 6.42 Å². The normalized spacial score (nSPS) is 17.4. The third kappa shape index (κ3) is 1.56. The summed E-state index contributed by atoms with van der Waals surface area (Å²) in [5.41, 5.74) is 1.47. The van der Waals surface area contributed by atoms with Crippen molar-refractivity contribution in [1.29, 1.82) is 0 Å². The summed E-state index contributed by atoms with van der Waals surface area (Å²) in [6.07, 6.45) is 5.80. The highest BCUT2D eigenvalue weighted by atomic mass is 16.1. The summed E-state index contributed by atoms with van der Waals surface area (Å²) < 4.78 is 0. The molecule has 1 aliphatic heterocycles. The number of nitrogens with zero attached hydrogens (tertiary/aromatic N) is 1. The molecule has 1 aliphatic rings. The van der Waals surface area contributed by atoms with Crippen molar-refractivity contribution in [2.24, 2.45) is 4.99 Å². The molecular formula is C11H9NO. The van der Waals surface area contributed by atoms with Crippen molar-refractivity contribution in [1.82, 2.24) is 0 Å². The van der Waals surface area contributed by atoms with E-state index in [-0.39, 0.29) is 5.78 Å². The predicted octanol–water partition coefficient (Wildman–Crippen LogP) is 2.53. The van der Waals surface area contributed by atoms with Gasteiger partial charge in [-0.05, 0) is 18.2 Å². The Morgan fingerprint density at radius 3 is 3.00 bits per heavy atom. The van der Waals surface area contributed by atoms with E-state index in [1.54, 1.807) is 12.3 Å². The molecule has 0 unspecified atom stereocenters. The van der Waals surface area contributed by atoms with Crippen LogP contribution in [0.15, 0.2) is 41.4 Å². The molecule has 0 atom stereocenters. The number of ketones is 1. The molecule has 2 heteroatoms. The summed E-state index contributed by atoms with van der Waals surface area (Å²) in [5, 5.41) is 0. The lowest BCUT2D eigenvalue weighted by Gasteiger charge is -2.03. The van der Waals surface area contributed by atoms with Gasteiger partial charge in [0.1, 0.15) is 0 Å². The highest BCUT2D eigenvalue weighted by molar-refractivity contribution is 6.02. The third-order valence-electron chi connectivity index (χ3n) is 1.94. The monoisotopic (exact) mass is 171 g/mol. The Morgan fingerprint density at radius 2 is 2.08 bits per heavy atom. The van der Waals surface area contributed by atoms with Gasteiger partial charge < -0.3 is 0 Å². The van der Waals surface area contributed by atoms with Gasteiger partial charge in [0.2, 0.25) is 0 Å². The summed E-state index contributed by atoms with van der Waals surface area (Å²) in [6, 6.07) is 7.41. The summed E-state index contributed by atoms with van der Waals surface area (Å²) in [7, 11) is 0. The van der Waals surface area contributed by atoms with E-state index >= 15 is 0 Å². The Morgan fingerprint density at radius 1 is 1.23 bits per heavy atom. The van der Waals surface area contributed by atoms with Crippen LogP contribution in [0.2, 0.25) is 0 Å². The number of carbonyl (C=O) groups is 1. The largest absolute Gasteiger partial charge is 0.294 e. The number of aliphatic imine (C=N–C) groups is 1. The van der Waals surface area contributed by atoms with Crippen molar-refractivity contribution in [3.05, 3.63) is 42.0 Å². The quantitative estimate of drug-likeness (QED) is 0.589. The first-order valence-electron chi connectivity index (χ1n) is 4.19. The van der Waals surface area contributed by atoms with Crippen LogP contribution in [0.1, 0.15) is 16.8 Å². The smallest absolute Gasteiger partial charge is 0.168 e. The van der Waals surface area contributed by atoms with Crippen LogP contribution in [0.4, 0.5) is 5.69 Å². The number of allylic oxidation sites excluding steroid dienone is 2. The number of carbonyl (C=O) groups excluding carboxylic acids is 1. The molecule has 0 spiro atoms. The molecule has 64 valence electrons. The van der Waals surface area contributed by atoms with Gasteiger partial charge in [-0.25, -0.2) is 0 Å². The molecule has 2 rings (SSSR count). The van der Waals surface area contributed by atoms with Gasteiger partial charge in [0, 0.05) is 18.2 Å². The molecule has 0 bridgehead atoms. The molecule has 1 aromatic rings. The maximum Gasteiger partial charge on any atom is 0.168 e. The van der Waals surface area contributed by atoms with Crippen molar-refractivity contribution >= 4 is 17.7 Å². The van der Waals surface area contributed by atoms with Gasteiger partial charge in [0.15, 0.2) is 5.78 Å². The lowest BCUT2D eigenvalue weighted by molar-refractivity contribution is 0.0996. The first kappa shape index (κ1) is 7.92. The molecule has 0 radical (unpaired) electrons. The Balaban J connectivity index is 2.55. The van der Waals surface area contributed by atoms with E-state index in [0.717, 1.165) is 5.69 Å². The van der Waals surface area contributed by atoms with Gasteiger partial charge in [-0.1, -0.05) is 18.2 Å². The molecular weight excluding hydrogens is 162 g/mol. The molecule has 0 aliphatic carbocycles. The molecule has 13 heavy (non-hydrogen) atoms. The lowest BCUT2D eigenvalue weighted by atomic mass is 10.1. The van der Waals surface area contributed by atoms with E-state index in [2.05, 4.69) is 4.99 Å². The fourth-order valence-corrected chi connectivity index (χ4v) is 1.29. The summed E-state index contributed by atoms with van der Waals surface area (Å²) in [5.74, 6) is 0.128. The first-order valence-corrected chi connectivity index (χ1v) is 4.19. The number of rotatable bonds is 0. The molecule has 0 saturated carbocycles. The van der Waals surface area contributed by atoms with E-state index in [1.807, 2.05) is 30.3 Å². The van der Waals surface area contributed by atoms with E-state index in [9.17, 15) is 4.79 Å². The van der Waals surface area contributed by atoms with Crippen molar-refractivity contribution in [3.8, 4) is 0 Å². The topological polar surface area (TPSA) is 29.4 Å². The van der Waals surface area contributed by atoms with Crippen LogP contribution in [0, 0.1) is 0 Å². The molecule has 0 amide bonds. The zero-order chi connectivity index (χ0) is 9.10. The maximum absolute atomic E-state index is 11.5. The second-order valence-corrected chi connectivity index (χ2v) is 2.85. The predicted molar refractivity (Wildman–Crippen MR) is 52.7 cm³/mol. The van der Waals surface area contributed by atoms with Crippen LogP contribution >= 0.6 is 0 Å². The first-order chi connectivity index (χ1) is 6.38. The van der Waals surface area contributed by atoms with E-state index in [0.29, 0.717) is 12.0 Å². The Kier molecular flexibility index (Phi) is 2.04. The van der Waals surface area contributed by atoms with Crippen LogP contribution in [0.25, 0.3) is 0 Å². The van der Waals surface area contributed by atoms with Gasteiger partial charge in [0.25, 0.3) is 0 Å². The summed E-state index contributed by atoms with van der Waals surface area (Å²) in [4.78, 5) is 15.7. The number of fused-ring (bicyclic) bond motifs is 1. The molecule has 1 heterocycles. The third-order valence-corrected chi connectivity index (χ3v) is 1.94. The summed E-state index contributed by atoms with van der Waals surface area (Å²) in [6.45, 7) is 0. The molecule has 0 aromatic heterocycles. The number of hydrogen-bond donors (Lipinski definition) is 0. The van der Waals surface area contributed by atoms with Crippen molar-refractivity contribution in [2.75, 3.05) is 0 Å². The second-order valence-electron chi connectivity index (χ2n) is 2.85. The van der Waals surface area contributed by atoms with Crippen LogP contribution in [-0.2, 0) is 0 Å². The second kappa shape index (κ2) is 3.35. The van der Waals surface area contributed by atoms with Gasteiger partial charge in [0.05, 0.1) is 5.69 Å². The van der Waals surface area contributed by atoms with Crippen LogP contribution in [0.5, 0.6) is 0 Å². The van der Waals surface area contributed by atoms with Gasteiger partial charge in [-0.3, -0.25) is 9.79 Å². The van der Waals surface area contributed by atoms with Gasteiger partial charge in [-0.15, -0.1) is 0 Å². The maximum atomic E-state index is 11.5. The van der Waals surface area contributed by atoms with Crippen LogP contribution in [-0.4, -0.2) is 12.0 Å². The molecule has 0 N–H and O–H groups in total. The van der Waals surface area contributed by atoms with Gasteiger partial charge in [-0.2, -0.15) is 0 Å². The minimum atomic E-state index is 0.128. The Hall–Kier alpha value is -1.70. The van der Waals surface area contributed by atoms with Gasteiger partial charge >= 0.3 is 0 Å². The molecule has 0 fully saturated rings. The number of benzene rings is 1. The lowest BCUT2D eigenvalue weighted by Crippen LogP contribution is -1.98. The fraction of sp³-hybridized carbons (Fsp3) is 0.0909. The highest BCUT2D eigenvalue weighted by Gasteiger charge is 2.08. The Labute approximate surface area is 76.6 Å². The SMILES string of the molecule is O=C1C/C=C\C=Nc2ccccc21. The molecule has 1 aromatic carbocycles. The average Bonchev–Trinajstić information content (AvgIpc) is 2.14. The average molecular weight is 171 g/mol. The van der Waals surface area contributed by atoms with Crippen LogP contribution < -0.4 is 0 Å². The molecule has 0 saturated heterocycles. The standard InChI is InChI=1S/C11H9NO/c13-11-7-3-4-8-12-10-6-2-1-5-9(10)11/h1-6,8H,7H2/b4-3-,12-8?.